The Labute approximate surface area is 122 Å². The zero-order valence-corrected chi connectivity index (χ0v) is 11.9. The fourth-order valence-corrected chi connectivity index (χ4v) is 3.67. The molecule has 0 aliphatic carbocycles. The van der Waals surface area contributed by atoms with Crippen LogP contribution in [0.2, 0.25) is 0 Å². The number of hydrogen-bond donors (Lipinski definition) is 2. The minimum atomic E-state index is -0.345. The van der Waals surface area contributed by atoms with Crippen molar-refractivity contribution in [2.24, 2.45) is 11.8 Å². The number of aromatic amines is 1. The molecule has 4 rings (SSSR count). The van der Waals surface area contributed by atoms with Crippen LogP contribution in [0.25, 0.3) is 11.0 Å². The van der Waals surface area contributed by atoms with E-state index in [9.17, 15) is 4.39 Å². The number of hydrogen-bond acceptors (Lipinski definition) is 3. The molecular weight excluding hydrogens is 269 g/mol. The highest BCUT2D eigenvalue weighted by molar-refractivity contribution is 5.96. The van der Waals surface area contributed by atoms with Gasteiger partial charge in [0.1, 0.15) is 5.52 Å². The summed E-state index contributed by atoms with van der Waals surface area (Å²) < 4.78 is 13.7. The maximum Gasteiger partial charge on any atom is 0.173 e. The second kappa shape index (κ2) is 4.53. The van der Waals surface area contributed by atoms with Crippen LogP contribution in [-0.2, 0) is 0 Å². The van der Waals surface area contributed by atoms with Crippen molar-refractivity contribution in [1.29, 1.82) is 5.41 Å². The molecule has 6 heteroatoms. The lowest BCUT2D eigenvalue weighted by Gasteiger charge is -2.20. The molecule has 0 amide bonds. The normalized spacial score (nSPS) is 25.7. The molecule has 0 bridgehead atoms. The van der Waals surface area contributed by atoms with Crippen molar-refractivity contribution in [2.45, 2.75) is 0 Å². The summed E-state index contributed by atoms with van der Waals surface area (Å²) in [7, 11) is 2.15. The van der Waals surface area contributed by atoms with E-state index in [0.29, 0.717) is 34.5 Å². The fourth-order valence-electron chi connectivity index (χ4n) is 3.67. The van der Waals surface area contributed by atoms with E-state index in [4.69, 9.17) is 5.41 Å². The van der Waals surface area contributed by atoms with Crippen molar-refractivity contribution in [1.82, 2.24) is 19.8 Å². The summed E-state index contributed by atoms with van der Waals surface area (Å²) in [6, 6.07) is 4.84. The molecule has 0 saturated carbocycles. The summed E-state index contributed by atoms with van der Waals surface area (Å²) in [4.78, 5) is 11.7. The Morgan fingerprint density at radius 1 is 1.29 bits per heavy atom. The van der Waals surface area contributed by atoms with Gasteiger partial charge in [-0.3, -0.25) is 5.41 Å². The summed E-state index contributed by atoms with van der Waals surface area (Å²) in [5.41, 5.74) is 0.963. The van der Waals surface area contributed by atoms with Crippen molar-refractivity contribution in [3.63, 3.8) is 0 Å². The zero-order valence-electron chi connectivity index (χ0n) is 11.9. The van der Waals surface area contributed by atoms with Gasteiger partial charge in [-0.25, -0.2) is 9.37 Å². The maximum atomic E-state index is 13.7. The van der Waals surface area contributed by atoms with Gasteiger partial charge in [0.15, 0.2) is 17.5 Å². The summed E-state index contributed by atoms with van der Waals surface area (Å²) in [5.74, 6) is 1.77. The summed E-state index contributed by atoms with van der Waals surface area (Å²) in [6.07, 6.45) is 0. The van der Waals surface area contributed by atoms with Crippen LogP contribution in [-0.4, -0.2) is 58.8 Å². The molecule has 3 heterocycles. The minimum absolute atomic E-state index is 0.316. The topological polar surface area (TPSA) is 59.0 Å². The zero-order chi connectivity index (χ0) is 14.6. The van der Waals surface area contributed by atoms with E-state index in [2.05, 4.69) is 26.8 Å². The highest BCUT2D eigenvalue weighted by atomic mass is 19.1. The number of likely N-dealkylation sites (tertiary alicyclic amines) is 2. The number of para-hydroxylation sites is 1. The van der Waals surface area contributed by atoms with Crippen LogP contribution in [0.4, 0.5) is 4.39 Å². The average molecular weight is 287 g/mol. The largest absolute Gasteiger partial charge is 0.353 e. The third-order valence-corrected chi connectivity index (χ3v) is 4.67. The Morgan fingerprint density at radius 3 is 2.67 bits per heavy atom. The predicted octanol–water partition coefficient (Wildman–Crippen LogP) is 1.52. The van der Waals surface area contributed by atoms with Crippen LogP contribution in [0.1, 0.15) is 5.82 Å². The predicted molar refractivity (Wildman–Crippen MR) is 78.9 cm³/mol. The van der Waals surface area contributed by atoms with Gasteiger partial charge in [-0.2, -0.15) is 0 Å². The Hall–Kier alpha value is -1.95. The Kier molecular flexibility index (Phi) is 2.75. The second-order valence-corrected chi connectivity index (χ2v) is 6.22. The van der Waals surface area contributed by atoms with E-state index in [0.717, 1.165) is 26.2 Å². The number of halogens is 1. The molecule has 2 aromatic rings. The SMILES string of the molecule is CN1C[C@@H]2CN(C(=N)c3nc4c(F)cccc4[nH]3)C[C@@H]2C1. The third kappa shape index (κ3) is 2.01. The number of nitrogens with zero attached hydrogens (tertiary/aromatic N) is 3. The molecule has 2 saturated heterocycles. The van der Waals surface area contributed by atoms with Crippen molar-refractivity contribution < 1.29 is 4.39 Å². The number of benzene rings is 1. The number of amidine groups is 1. The average Bonchev–Trinajstić information content (AvgIpc) is 3.10. The summed E-state index contributed by atoms with van der Waals surface area (Å²) in [5, 5.41) is 8.36. The molecule has 2 atom stereocenters. The van der Waals surface area contributed by atoms with E-state index in [1.54, 1.807) is 12.1 Å². The van der Waals surface area contributed by atoms with Crippen LogP contribution in [0.15, 0.2) is 18.2 Å². The third-order valence-electron chi connectivity index (χ3n) is 4.67. The highest BCUT2D eigenvalue weighted by Gasteiger charge is 2.40. The molecule has 2 aliphatic heterocycles. The smallest absolute Gasteiger partial charge is 0.173 e. The number of H-pyrrole nitrogens is 1. The van der Waals surface area contributed by atoms with Gasteiger partial charge in [-0.05, 0) is 31.0 Å². The number of imidazole rings is 1. The molecule has 2 N–H and O–H groups in total. The van der Waals surface area contributed by atoms with Gasteiger partial charge in [0.2, 0.25) is 0 Å². The van der Waals surface area contributed by atoms with Gasteiger partial charge in [0, 0.05) is 26.2 Å². The lowest BCUT2D eigenvalue weighted by atomic mass is 10.0. The van der Waals surface area contributed by atoms with Crippen molar-refractivity contribution in [3.05, 3.63) is 29.8 Å². The van der Waals surface area contributed by atoms with E-state index in [-0.39, 0.29) is 5.82 Å². The van der Waals surface area contributed by atoms with Crippen molar-refractivity contribution in [3.8, 4) is 0 Å². The lowest BCUT2D eigenvalue weighted by molar-refractivity contribution is 0.347. The van der Waals surface area contributed by atoms with Crippen LogP contribution >= 0.6 is 0 Å². The second-order valence-electron chi connectivity index (χ2n) is 6.22. The first-order valence-corrected chi connectivity index (χ1v) is 7.28. The Balaban J connectivity index is 1.58. The highest BCUT2D eigenvalue weighted by Crippen LogP contribution is 2.30. The Morgan fingerprint density at radius 2 is 2.00 bits per heavy atom. The van der Waals surface area contributed by atoms with Crippen molar-refractivity contribution >= 4 is 16.9 Å². The number of rotatable bonds is 1. The number of aromatic nitrogens is 2. The lowest BCUT2D eigenvalue weighted by Crippen LogP contribution is -2.33. The molecule has 2 fully saturated rings. The molecule has 0 spiro atoms. The number of fused-ring (bicyclic) bond motifs is 2. The van der Waals surface area contributed by atoms with Gasteiger partial charge < -0.3 is 14.8 Å². The molecule has 5 nitrogen and oxygen atoms in total. The standard InChI is InChI=1S/C15H18FN5/c1-20-5-9-7-21(8-10(9)6-20)14(17)15-18-12-4-2-3-11(16)13(12)19-15/h2-4,9-10,17H,5-8H2,1H3,(H,18,19)/t9-,10+. The van der Waals surface area contributed by atoms with Gasteiger partial charge >= 0.3 is 0 Å². The summed E-state index contributed by atoms with van der Waals surface area (Å²) >= 11 is 0. The minimum Gasteiger partial charge on any atom is -0.353 e. The van der Waals surface area contributed by atoms with E-state index < -0.39 is 0 Å². The van der Waals surface area contributed by atoms with Crippen LogP contribution in [0.3, 0.4) is 0 Å². The van der Waals surface area contributed by atoms with Crippen molar-refractivity contribution in [2.75, 3.05) is 33.2 Å². The molecule has 0 unspecified atom stereocenters. The van der Waals surface area contributed by atoms with E-state index in [1.807, 2.05) is 0 Å². The van der Waals surface area contributed by atoms with Gasteiger partial charge in [-0.1, -0.05) is 6.07 Å². The summed E-state index contributed by atoms with van der Waals surface area (Å²) in [6.45, 7) is 3.99. The molecule has 1 aromatic heterocycles. The van der Waals surface area contributed by atoms with Crippen LogP contribution in [0.5, 0.6) is 0 Å². The van der Waals surface area contributed by atoms with Gasteiger partial charge in [0.05, 0.1) is 5.52 Å². The van der Waals surface area contributed by atoms with Gasteiger partial charge in [0.25, 0.3) is 0 Å². The van der Waals surface area contributed by atoms with Crippen LogP contribution < -0.4 is 0 Å². The first-order valence-electron chi connectivity index (χ1n) is 7.28. The molecule has 1 aromatic carbocycles. The van der Waals surface area contributed by atoms with E-state index >= 15 is 0 Å². The van der Waals surface area contributed by atoms with Crippen LogP contribution in [0, 0.1) is 23.1 Å². The van der Waals surface area contributed by atoms with E-state index in [1.165, 1.54) is 6.07 Å². The quantitative estimate of drug-likeness (QED) is 0.617. The number of nitrogens with one attached hydrogen (secondary N) is 2. The molecule has 2 aliphatic rings. The first-order chi connectivity index (χ1) is 10.1. The fraction of sp³-hybridized carbons (Fsp3) is 0.467. The Bertz CT molecular complexity index is 695. The van der Waals surface area contributed by atoms with Gasteiger partial charge in [-0.15, -0.1) is 0 Å². The molecule has 110 valence electrons. The first kappa shape index (κ1) is 12.8. The maximum absolute atomic E-state index is 13.7. The monoisotopic (exact) mass is 287 g/mol. The molecular formula is C15H18FN5. The molecule has 0 radical (unpaired) electrons. The molecule has 21 heavy (non-hydrogen) atoms.